The molecule has 0 aliphatic heterocycles. The van der Waals surface area contributed by atoms with E-state index in [2.05, 4.69) is 60.0 Å². The van der Waals surface area contributed by atoms with Crippen LogP contribution in [0.25, 0.3) is 0 Å². The molecule has 0 aliphatic carbocycles. The van der Waals surface area contributed by atoms with Gasteiger partial charge in [0.25, 0.3) is 0 Å². The minimum Gasteiger partial charge on any atom is -0.496 e. The van der Waals surface area contributed by atoms with Gasteiger partial charge in [-0.2, -0.15) is 0 Å². The number of likely N-dealkylation sites (N-methyl/N-ethyl adjacent to an activating group) is 1. The molecule has 0 bridgehead atoms. The van der Waals surface area contributed by atoms with Gasteiger partial charge in [-0.25, -0.2) is 0 Å². The Labute approximate surface area is 125 Å². The van der Waals surface area contributed by atoms with Crippen LogP contribution in [0.4, 0.5) is 0 Å². The fraction of sp³-hybridized carbons (Fsp3) is 0.600. The molecule has 0 amide bonds. The standard InChI is InChI=1S/C15H25BrN2O/c1-15(2,3)17-8-9-18(4)11-12-10-13(16)6-7-14(12)19-5/h6-7,10,17H,8-9,11H2,1-5H3. The van der Waals surface area contributed by atoms with Crippen molar-refractivity contribution in [1.82, 2.24) is 10.2 Å². The van der Waals surface area contributed by atoms with Gasteiger partial charge < -0.3 is 15.0 Å². The monoisotopic (exact) mass is 328 g/mol. The molecule has 0 radical (unpaired) electrons. The van der Waals surface area contributed by atoms with Crippen molar-refractivity contribution in [2.24, 2.45) is 0 Å². The summed E-state index contributed by atoms with van der Waals surface area (Å²) in [5, 5.41) is 3.50. The van der Waals surface area contributed by atoms with E-state index < -0.39 is 0 Å². The first-order chi connectivity index (χ1) is 8.81. The van der Waals surface area contributed by atoms with Gasteiger partial charge in [0.15, 0.2) is 0 Å². The predicted molar refractivity (Wildman–Crippen MR) is 84.8 cm³/mol. The van der Waals surface area contributed by atoms with E-state index in [1.165, 1.54) is 5.56 Å². The number of nitrogens with zero attached hydrogens (tertiary/aromatic N) is 1. The van der Waals surface area contributed by atoms with Crippen molar-refractivity contribution in [3.05, 3.63) is 28.2 Å². The largest absolute Gasteiger partial charge is 0.496 e. The van der Waals surface area contributed by atoms with Gasteiger partial charge in [-0.1, -0.05) is 15.9 Å². The van der Waals surface area contributed by atoms with Gasteiger partial charge in [-0.15, -0.1) is 0 Å². The van der Waals surface area contributed by atoms with Crippen molar-refractivity contribution in [2.45, 2.75) is 32.9 Å². The fourth-order valence-corrected chi connectivity index (χ4v) is 2.27. The summed E-state index contributed by atoms with van der Waals surface area (Å²) in [6.07, 6.45) is 0. The van der Waals surface area contributed by atoms with E-state index in [9.17, 15) is 0 Å². The van der Waals surface area contributed by atoms with Crippen molar-refractivity contribution < 1.29 is 4.74 Å². The number of methoxy groups -OCH3 is 1. The molecule has 0 saturated heterocycles. The van der Waals surface area contributed by atoms with Gasteiger partial charge in [0.1, 0.15) is 5.75 Å². The lowest BCUT2D eigenvalue weighted by Crippen LogP contribution is -2.40. The molecule has 0 spiro atoms. The summed E-state index contributed by atoms with van der Waals surface area (Å²) < 4.78 is 6.48. The van der Waals surface area contributed by atoms with E-state index in [0.29, 0.717) is 0 Å². The van der Waals surface area contributed by atoms with Crippen molar-refractivity contribution in [1.29, 1.82) is 0 Å². The van der Waals surface area contributed by atoms with E-state index in [1.807, 2.05) is 12.1 Å². The predicted octanol–water partition coefficient (Wildman–Crippen LogP) is 3.28. The zero-order valence-electron chi connectivity index (χ0n) is 12.6. The van der Waals surface area contributed by atoms with Crippen LogP contribution in [0, 0.1) is 0 Å². The maximum absolute atomic E-state index is 5.40. The molecule has 0 unspecified atom stereocenters. The molecule has 1 N–H and O–H groups in total. The number of benzene rings is 1. The molecule has 0 heterocycles. The van der Waals surface area contributed by atoms with Crippen LogP contribution in [0.1, 0.15) is 26.3 Å². The van der Waals surface area contributed by atoms with Gasteiger partial charge in [0.05, 0.1) is 7.11 Å². The van der Waals surface area contributed by atoms with Crippen molar-refractivity contribution in [2.75, 3.05) is 27.2 Å². The minimum atomic E-state index is 0.175. The highest BCUT2D eigenvalue weighted by atomic mass is 79.9. The normalized spacial score (nSPS) is 11.9. The van der Waals surface area contributed by atoms with Crippen LogP contribution < -0.4 is 10.1 Å². The zero-order valence-corrected chi connectivity index (χ0v) is 14.2. The first-order valence-corrected chi connectivity index (χ1v) is 7.37. The SMILES string of the molecule is COc1ccc(Br)cc1CN(C)CCNC(C)(C)C. The molecule has 0 aromatic heterocycles. The summed E-state index contributed by atoms with van der Waals surface area (Å²) in [5.74, 6) is 0.943. The highest BCUT2D eigenvalue weighted by Gasteiger charge is 2.10. The molecule has 0 aliphatic rings. The number of hydrogen-bond acceptors (Lipinski definition) is 3. The Hall–Kier alpha value is -0.580. The maximum atomic E-state index is 5.40. The van der Waals surface area contributed by atoms with Gasteiger partial charge in [-0.05, 0) is 46.0 Å². The van der Waals surface area contributed by atoms with Crippen LogP contribution in [0.2, 0.25) is 0 Å². The summed E-state index contributed by atoms with van der Waals surface area (Å²) in [4.78, 5) is 2.29. The number of nitrogens with one attached hydrogen (secondary N) is 1. The van der Waals surface area contributed by atoms with Gasteiger partial charge in [0.2, 0.25) is 0 Å². The quantitative estimate of drug-likeness (QED) is 0.867. The van der Waals surface area contributed by atoms with Gasteiger partial charge >= 0.3 is 0 Å². The van der Waals surface area contributed by atoms with Crippen LogP contribution in [-0.2, 0) is 6.54 Å². The maximum Gasteiger partial charge on any atom is 0.123 e. The third-order valence-corrected chi connectivity index (χ3v) is 3.32. The summed E-state index contributed by atoms with van der Waals surface area (Å²) >= 11 is 3.51. The highest BCUT2D eigenvalue weighted by Crippen LogP contribution is 2.23. The van der Waals surface area contributed by atoms with Crippen molar-refractivity contribution >= 4 is 15.9 Å². The average Bonchev–Trinajstić information content (AvgIpc) is 2.27. The Morgan fingerprint density at radius 2 is 2.00 bits per heavy atom. The van der Waals surface area contributed by atoms with E-state index in [-0.39, 0.29) is 5.54 Å². The topological polar surface area (TPSA) is 24.5 Å². The first-order valence-electron chi connectivity index (χ1n) is 6.58. The Morgan fingerprint density at radius 1 is 1.32 bits per heavy atom. The van der Waals surface area contributed by atoms with Gasteiger partial charge in [0, 0.05) is 35.2 Å². The fourth-order valence-electron chi connectivity index (χ4n) is 1.86. The molecule has 0 saturated carbocycles. The Balaban J connectivity index is 2.52. The lowest BCUT2D eigenvalue weighted by Gasteiger charge is -2.24. The molecule has 1 rings (SSSR count). The summed E-state index contributed by atoms with van der Waals surface area (Å²) in [6, 6.07) is 6.12. The zero-order chi connectivity index (χ0) is 14.5. The third kappa shape index (κ3) is 6.41. The number of ether oxygens (including phenoxy) is 1. The van der Waals surface area contributed by atoms with Crippen LogP contribution in [0.5, 0.6) is 5.75 Å². The second-order valence-corrected chi connectivity index (χ2v) is 6.79. The Kier molecular flexibility index (Phi) is 6.30. The molecule has 3 nitrogen and oxygen atoms in total. The average molecular weight is 329 g/mol. The van der Waals surface area contributed by atoms with Crippen LogP contribution in [-0.4, -0.2) is 37.7 Å². The van der Waals surface area contributed by atoms with Crippen LogP contribution >= 0.6 is 15.9 Å². The molecular weight excluding hydrogens is 304 g/mol. The van der Waals surface area contributed by atoms with Gasteiger partial charge in [-0.3, -0.25) is 0 Å². The lowest BCUT2D eigenvalue weighted by atomic mass is 10.1. The molecule has 1 aromatic rings. The molecule has 4 heteroatoms. The Bertz CT molecular complexity index is 402. The molecule has 0 atom stereocenters. The van der Waals surface area contributed by atoms with E-state index in [4.69, 9.17) is 4.74 Å². The Morgan fingerprint density at radius 3 is 2.58 bits per heavy atom. The summed E-state index contributed by atoms with van der Waals surface area (Å²) in [7, 11) is 3.85. The van der Waals surface area contributed by atoms with Crippen LogP contribution in [0.15, 0.2) is 22.7 Å². The van der Waals surface area contributed by atoms with E-state index >= 15 is 0 Å². The lowest BCUT2D eigenvalue weighted by molar-refractivity contribution is 0.297. The van der Waals surface area contributed by atoms with Crippen molar-refractivity contribution in [3.63, 3.8) is 0 Å². The minimum absolute atomic E-state index is 0.175. The van der Waals surface area contributed by atoms with E-state index in [1.54, 1.807) is 7.11 Å². The van der Waals surface area contributed by atoms with E-state index in [0.717, 1.165) is 29.9 Å². The molecular formula is C15H25BrN2O. The third-order valence-electron chi connectivity index (χ3n) is 2.83. The smallest absolute Gasteiger partial charge is 0.123 e. The molecule has 1 aromatic carbocycles. The molecule has 108 valence electrons. The first kappa shape index (κ1) is 16.5. The number of hydrogen-bond donors (Lipinski definition) is 1. The number of rotatable bonds is 6. The number of halogens is 1. The summed E-state index contributed by atoms with van der Waals surface area (Å²) in [5.41, 5.74) is 1.38. The molecule has 19 heavy (non-hydrogen) atoms. The molecule has 0 fully saturated rings. The second-order valence-electron chi connectivity index (χ2n) is 5.87. The van der Waals surface area contributed by atoms with Crippen LogP contribution in [0.3, 0.4) is 0 Å². The second kappa shape index (κ2) is 7.27. The highest BCUT2D eigenvalue weighted by molar-refractivity contribution is 9.10. The van der Waals surface area contributed by atoms with Crippen molar-refractivity contribution in [3.8, 4) is 5.75 Å². The summed E-state index contributed by atoms with van der Waals surface area (Å²) in [6.45, 7) is 9.43.